The standard InChI is InChI=1S/C17H19FN4O2/c1-11(17-21-20-15-3-2-10-22(15)17)19-16(24)9-8-14(23)12-4-6-13(18)7-5-12/h4-7,11H,2-3,8-10H2,1H3,(H,19,24)/t11-/m1/s1. The van der Waals surface area contributed by atoms with Gasteiger partial charge in [-0.3, -0.25) is 9.59 Å². The number of nitrogens with one attached hydrogen (secondary N) is 1. The topological polar surface area (TPSA) is 76.9 Å². The minimum Gasteiger partial charge on any atom is -0.346 e. The molecule has 126 valence electrons. The van der Waals surface area contributed by atoms with Crippen molar-refractivity contribution in [2.75, 3.05) is 0 Å². The molecule has 2 aromatic rings. The molecule has 0 fully saturated rings. The fourth-order valence-corrected chi connectivity index (χ4v) is 2.88. The molecule has 1 aromatic carbocycles. The first kappa shape index (κ1) is 16.3. The van der Waals surface area contributed by atoms with Crippen molar-refractivity contribution in [1.29, 1.82) is 0 Å². The average Bonchev–Trinajstić information content (AvgIpc) is 3.16. The van der Waals surface area contributed by atoms with E-state index in [4.69, 9.17) is 0 Å². The largest absolute Gasteiger partial charge is 0.346 e. The highest BCUT2D eigenvalue weighted by atomic mass is 19.1. The number of amides is 1. The molecule has 0 saturated carbocycles. The fraction of sp³-hybridized carbons (Fsp3) is 0.412. The number of fused-ring (bicyclic) bond motifs is 1. The van der Waals surface area contributed by atoms with Crippen molar-refractivity contribution in [1.82, 2.24) is 20.1 Å². The van der Waals surface area contributed by atoms with Crippen LogP contribution in [0.5, 0.6) is 0 Å². The maximum Gasteiger partial charge on any atom is 0.221 e. The lowest BCUT2D eigenvalue weighted by atomic mass is 10.1. The molecule has 1 aromatic heterocycles. The first-order valence-electron chi connectivity index (χ1n) is 8.04. The van der Waals surface area contributed by atoms with Crippen LogP contribution in [0.15, 0.2) is 24.3 Å². The monoisotopic (exact) mass is 330 g/mol. The molecule has 0 radical (unpaired) electrons. The molecule has 0 aliphatic carbocycles. The van der Waals surface area contributed by atoms with Crippen LogP contribution >= 0.6 is 0 Å². The summed E-state index contributed by atoms with van der Waals surface area (Å²) in [4.78, 5) is 24.1. The number of benzene rings is 1. The Labute approximate surface area is 139 Å². The van der Waals surface area contributed by atoms with Gasteiger partial charge in [-0.05, 0) is 37.6 Å². The van der Waals surface area contributed by atoms with E-state index in [9.17, 15) is 14.0 Å². The summed E-state index contributed by atoms with van der Waals surface area (Å²) in [5.74, 6) is 0.923. The Balaban J connectivity index is 1.52. The van der Waals surface area contributed by atoms with E-state index < -0.39 is 0 Å². The maximum atomic E-state index is 12.8. The summed E-state index contributed by atoms with van der Waals surface area (Å²) in [5.41, 5.74) is 0.410. The highest BCUT2D eigenvalue weighted by Gasteiger charge is 2.22. The van der Waals surface area contributed by atoms with E-state index in [1.165, 1.54) is 24.3 Å². The van der Waals surface area contributed by atoms with Crippen LogP contribution in [0.1, 0.15) is 54.2 Å². The van der Waals surface area contributed by atoms with Gasteiger partial charge in [-0.25, -0.2) is 4.39 Å². The quantitative estimate of drug-likeness (QED) is 0.824. The smallest absolute Gasteiger partial charge is 0.221 e. The third-order valence-corrected chi connectivity index (χ3v) is 4.15. The zero-order valence-electron chi connectivity index (χ0n) is 13.5. The van der Waals surface area contributed by atoms with Gasteiger partial charge in [0.25, 0.3) is 0 Å². The molecule has 0 bridgehead atoms. The van der Waals surface area contributed by atoms with Crippen molar-refractivity contribution in [2.24, 2.45) is 0 Å². The normalized spacial score (nSPS) is 14.2. The summed E-state index contributed by atoms with van der Waals surface area (Å²) >= 11 is 0. The van der Waals surface area contributed by atoms with Gasteiger partial charge in [0.1, 0.15) is 11.6 Å². The molecule has 0 unspecified atom stereocenters. The first-order chi connectivity index (χ1) is 11.5. The van der Waals surface area contributed by atoms with Crippen molar-refractivity contribution in [3.8, 4) is 0 Å². The molecule has 1 aliphatic heterocycles. The Hall–Kier alpha value is -2.57. The Bertz CT molecular complexity index is 754. The number of hydrogen-bond acceptors (Lipinski definition) is 4. The van der Waals surface area contributed by atoms with Gasteiger partial charge in [-0.15, -0.1) is 10.2 Å². The molecule has 24 heavy (non-hydrogen) atoms. The second kappa shape index (κ2) is 6.90. The van der Waals surface area contributed by atoms with Gasteiger partial charge in [0.2, 0.25) is 5.91 Å². The van der Waals surface area contributed by atoms with E-state index in [2.05, 4.69) is 15.5 Å². The van der Waals surface area contributed by atoms with E-state index in [1.807, 2.05) is 11.5 Å². The van der Waals surface area contributed by atoms with Gasteiger partial charge in [0.05, 0.1) is 6.04 Å². The van der Waals surface area contributed by atoms with E-state index in [0.29, 0.717) is 5.56 Å². The molecule has 1 amide bonds. The number of ketones is 1. The van der Waals surface area contributed by atoms with Crippen molar-refractivity contribution in [2.45, 2.75) is 45.2 Å². The number of aryl methyl sites for hydroxylation is 1. The number of hydrogen-bond donors (Lipinski definition) is 1. The number of nitrogens with zero attached hydrogens (tertiary/aromatic N) is 3. The van der Waals surface area contributed by atoms with Crippen LogP contribution in [0.25, 0.3) is 0 Å². The van der Waals surface area contributed by atoms with Crippen LogP contribution < -0.4 is 5.32 Å². The molecular formula is C17H19FN4O2. The summed E-state index contributed by atoms with van der Waals surface area (Å²) in [6, 6.07) is 5.08. The Morgan fingerprint density at radius 3 is 2.75 bits per heavy atom. The molecule has 1 aliphatic rings. The van der Waals surface area contributed by atoms with Crippen LogP contribution in [0.4, 0.5) is 4.39 Å². The summed E-state index contributed by atoms with van der Waals surface area (Å²) in [6.45, 7) is 2.73. The van der Waals surface area contributed by atoms with Gasteiger partial charge in [0.15, 0.2) is 11.6 Å². The number of rotatable bonds is 6. The first-order valence-corrected chi connectivity index (χ1v) is 8.04. The lowest BCUT2D eigenvalue weighted by Crippen LogP contribution is -2.29. The van der Waals surface area contributed by atoms with E-state index >= 15 is 0 Å². The molecule has 2 heterocycles. The van der Waals surface area contributed by atoms with E-state index in [-0.39, 0.29) is 36.4 Å². The SMILES string of the molecule is C[C@@H](NC(=O)CCC(=O)c1ccc(F)cc1)c1nnc2n1CCC2. The van der Waals surface area contributed by atoms with Crippen LogP contribution in [0, 0.1) is 5.82 Å². The number of halogens is 1. The molecule has 6 nitrogen and oxygen atoms in total. The molecule has 1 N–H and O–H groups in total. The average molecular weight is 330 g/mol. The minimum absolute atomic E-state index is 0.0849. The van der Waals surface area contributed by atoms with Gasteiger partial charge in [-0.2, -0.15) is 0 Å². The summed E-state index contributed by atoms with van der Waals surface area (Å²) < 4.78 is 14.9. The third-order valence-electron chi connectivity index (χ3n) is 4.15. The second-order valence-electron chi connectivity index (χ2n) is 5.95. The second-order valence-corrected chi connectivity index (χ2v) is 5.95. The molecule has 1 atom stereocenters. The minimum atomic E-state index is -0.390. The van der Waals surface area contributed by atoms with Crippen molar-refractivity contribution < 1.29 is 14.0 Å². The highest BCUT2D eigenvalue weighted by Crippen LogP contribution is 2.19. The molecule has 0 spiro atoms. The molecular weight excluding hydrogens is 311 g/mol. The summed E-state index contributed by atoms with van der Waals surface area (Å²) in [6.07, 6.45) is 2.13. The molecule has 3 rings (SSSR count). The molecule has 0 saturated heterocycles. The maximum absolute atomic E-state index is 12.8. The Kier molecular flexibility index (Phi) is 4.69. The van der Waals surface area contributed by atoms with Crippen LogP contribution in [0.2, 0.25) is 0 Å². The Morgan fingerprint density at radius 2 is 2.00 bits per heavy atom. The summed E-state index contributed by atoms with van der Waals surface area (Å²) in [7, 11) is 0. The van der Waals surface area contributed by atoms with E-state index in [0.717, 1.165) is 31.0 Å². The predicted molar refractivity (Wildman–Crippen MR) is 84.9 cm³/mol. The summed E-state index contributed by atoms with van der Waals surface area (Å²) in [5, 5.41) is 11.1. The highest BCUT2D eigenvalue weighted by molar-refractivity contribution is 5.97. The van der Waals surface area contributed by atoms with E-state index in [1.54, 1.807) is 0 Å². The number of aromatic nitrogens is 3. The van der Waals surface area contributed by atoms with Gasteiger partial charge < -0.3 is 9.88 Å². The van der Waals surface area contributed by atoms with Gasteiger partial charge in [-0.1, -0.05) is 0 Å². The van der Waals surface area contributed by atoms with Gasteiger partial charge in [0, 0.05) is 31.4 Å². The van der Waals surface area contributed by atoms with Crippen molar-refractivity contribution in [3.05, 3.63) is 47.3 Å². The fourth-order valence-electron chi connectivity index (χ4n) is 2.88. The van der Waals surface area contributed by atoms with Crippen LogP contribution in [-0.4, -0.2) is 26.5 Å². The van der Waals surface area contributed by atoms with Crippen molar-refractivity contribution in [3.63, 3.8) is 0 Å². The Morgan fingerprint density at radius 1 is 1.25 bits per heavy atom. The lowest BCUT2D eigenvalue weighted by Gasteiger charge is -2.13. The number of Topliss-reactive ketones (excluding diaryl/α,β-unsaturated/α-hetero) is 1. The van der Waals surface area contributed by atoms with Crippen molar-refractivity contribution >= 4 is 11.7 Å². The van der Waals surface area contributed by atoms with Crippen LogP contribution in [-0.2, 0) is 17.8 Å². The number of carbonyl (C=O) groups is 2. The van der Waals surface area contributed by atoms with Crippen LogP contribution in [0.3, 0.4) is 0 Å². The predicted octanol–water partition coefficient (Wildman–Crippen LogP) is 2.20. The number of carbonyl (C=O) groups excluding carboxylic acids is 2. The third kappa shape index (κ3) is 3.50. The lowest BCUT2D eigenvalue weighted by molar-refractivity contribution is -0.121. The van der Waals surface area contributed by atoms with Gasteiger partial charge >= 0.3 is 0 Å². The molecule has 7 heteroatoms. The zero-order valence-corrected chi connectivity index (χ0v) is 13.5. The zero-order chi connectivity index (χ0) is 17.1.